The summed E-state index contributed by atoms with van der Waals surface area (Å²) in [6.07, 6.45) is 5.16. The molecule has 0 aromatic carbocycles. The van der Waals surface area contributed by atoms with Crippen molar-refractivity contribution in [2.24, 2.45) is 5.41 Å². The molecule has 1 aromatic rings. The average molecular weight is 323 g/mol. The molecule has 0 bridgehead atoms. The Morgan fingerprint density at radius 1 is 1.17 bits per heavy atom. The molecule has 0 aliphatic carbocycles. The van der Waals surface area contributed by atoms with Crippen LogP contribution in [0.4, 0.5) is 4.79 Å². The molecule has 0 saturated carbocycles. The van der Waals surface area contributed by atoms with Gasteiger partial charge in [0.15, 0.2) is 0 Å². The van der Waals surface area contributed by atoms with Gasteiger partial charge >= 0.3 is 6.09 Å². The molecule has 23 heavy (non-hydrogen) atoms. The van der Waals surface area contributed by atoms with Crippen molar-refractivity contribution in [1.29, 1.82) is 0 Å². The van der Waals surface area contributed by atoms with Crippen molar-refractivity contribution in [2.45, 2.75) is 79.4 Å². The molecule has 1 N–H and O–H groups in total. The molecule has 0 radical (unpaired) electrons. The van der Waals surface area contributed by atoms with Crippen molar-refractivity contribution in [2.75, 3.05) is 6.54 Å². The van der Waals surface area contributed by atoms with E-state index in [4.69, 9.17) is 4.74 Å². The van der Waals surface area contributed by atoms with E-state index in [1.165, 1.54) is 0 Å². The second kappa shape index (κ2) is 6.93. The van der Waals surface area contributed by atoms with Gasteiger partial charge in [-0.15, -0.1) is 0 Å². The maximum atomic E-state index is 11.7. The third-order valence-corrected chi connectivity index (χ3v) is 3.38. The van der Waals surface area contributed by atoms with Gasteiger partial charge in [0.2, 0.25) is 0 Å². The summed E-state index contributed by atoms with van der Waals surface area (Å²) in [5, 5.41) is 2.80. The average Bonchev–Trinajstić information content (AvgIpc) is 2.72. The predicted molar refractivity (Wildman–Crippen MR) is 93.6 cm³/mol. The summed E-state index contributed by atoms with van der Waals surface area (Å²) in [5.74, 6) is 0. The Morgan fingerprint density at radius 2 is 1.78 bits per heavy atom. The van der Waals surface area contributed by atoms with Crippen LogP contribution in [0.15, 0.2) is 12.5 Å². The summed E-state index contributed by atoms with van der Waals surface area (Å²) >= 11 is 0. The van der Waals surface area contributed by atoms with E-state index in [1.807, 2.05) is 33.3 Å². The molecule has 132 valence electrons. The van der Waals surface area contributed by atoms with Gasteiger partial charge in [-0.1, -0.05) is 20.8 Å². The summed E-state index contributed by atoms with van der Waals surface area (Å²) in [6.45, 7) is 17.3. The summed E-state index contributed by atoms with van der Waals surface area (Å²) in [4.78, 5) is 16.0. The number of rotatable bonds is 5. The molecular weight excluding hydrogens is 290 g/mol. The molecule has 0 aliphatic rings. The van der Waals surface area contributed by atoms with Crippen LogP contribution < -0.4 is 5.32 Å². The molecule has 0 fully saturated rings. The van der Waals surface area contributed by atoms with Crippen molar-refractivity contribution in [1.82, 2.24) is 14.9 Å². The summed E-state index contributed by atoms with van der Waals surface area (Å²) in [6, 6.07) is 0. The monoisotopic (exact) mass is 323 g/mol. The molecule has 0 atom stereocenters. The Morgan fingerprint density at radius 3 is 2.30 bits per heavy atom. The number of nitrogens with one attached hydrogen (secondary N) is 1. The van der Waals surface area contributed by atoms with Crippen molar-refractivity contribution < 1.29 is 9.53 Å². The van der Waals surface area contributed by atoms with E-state index in [0.717, 1.165) is 18.5 Å². The first kappa shape index (κ1) is 19.5. The van der Waals surface area contributed by atoms with Gasteiger partial charge in [-0.3, -0.25) is 0 Å². The smallest absolute Gasteiger partial charge is 0.407 e. The first-order valence-electron chi connectivity index (χ1n) is 8.29. The predicted octanol–water partition coefficient (Wildman–Crippen LogP) is 4.12. The van der Waals surface area contributed by atoms with Crippen LogP contribution in [0.1, 0.15) is 67.5 Å². The highest BCUT2D eigenvalue weighted by Gasteiger charge is 2.28. The van der Waals surface area contributed by atoms with Gasteiger partial charge in [0.25, 0.3) is 0 Å². The first-order valence-corrected chi connectivity index (χ1v) is 8.29. The highest BCUT2D eigenvalue weighted by atomic mass is 16.6. The minimum absolute atomic E-state index is 0.0179. The highest BCUT2D eigenvalue weighted by molar-refractivity contribution is 5.67. The van der Waals surface area contributed by atoms with E-state index in [2.05, 4.69) is 49.5 Å². The lowest BCUT2D eigenvalue weighted by atomic mass is 9.81. The molecule has 1 rings (SSSR count). The molecule has 0 saturated heterocycles. The molecule has 0 aliphatic heterocycles. The molecule has 5 nitrogen and oxygen atoms in total. The maximum absolute atomic E-state index is 11.7. The summed E-state index contributed by atoms with van der Waals surface area (Å²) < 4.78 is 7.47. The van der Waals surface area contributed by atoms with E-state index in [0.29, 0.717) is 6.54 Å². The number of hydrogen-bond donors (Lipinski definition) is 1. The fourth-order valence-electron chi connectivity index (χ4n) is 3.04. The number of amides is 1. The number of carbonyl (C=O) groups is 1. The molecular formula is C18H33N3O2. The second-order valence-electron chi connectivity index (χ2n) is 8.98. The normalized spacial score (nSPS) is 13.0. The van der Waals surface area contributed by atoms with Crippen molar-refractivity contribution >= 4 is 6.09 Å². The Hall–Kier alpha value is -1.52. The molecule has 1 heterocycles. The van der Waals surface area contributed by atoms with Gasteiger partial charge < -0.3 is 14.6 Å². The van der Waals surface area contributed by atoms with E-state index >= 15 is 0 Å². The van der Waals surface area contributed by atoms with E-state index in [-0.39, 0.29) is 17.0 Å². The number of ether oxygens (including phenoxy) is 1. The van der Waals surface area contributed by atoms with Crippen LogP contribution >= 0.6 is 0 Å². The number of hydrogen-bond acceptors (Lipinski definition) is 3. The Bertz CT molecular complexity index is 519. The Balaban J connectivity index is 2.64. The van der Waals surface area contributed by atoms with Gasteiger partial charge in [-0.2, -0.15) is 0 Å². The van der Waals surface area contributed by atoms with Crippen LogP contribution in [0.3, 0.4) is 0 Å². The third-order valence-electron chi connectivity index (χ3n) is 3.38. The minimum atomic E-state index is -0.472. The number of nitrogens with zero attached hydrogens (tertiary/aromatic N) is 2. The topological polar surface area (TPSA) is 56.2 Å². The molecule has 5 heteroatoms. The van der Waals surface area contributed by atoms with E-state index < -0.39 is 5.60 Å². The van der Waals surface area contributed by atoms with Crippen LogP contribution in [-0.2, 0) is 16.7 Å². The fourth-order valence-corrected chi connectivity index (χ4v) is 3.04. The lowest BCUT2D eigenvalue weighted by Crippen LogP contribution is -2.35. The van der Waals surface area contributed by atoms with Crippen LogP contribution in [0.2, 0.25) is 0 Å². The van der Waals surface area contributed by atoms with Crippen molar-refractivity contribution in [3.63, 3.8) is 0 Å². The zero-order valence-electron chi connectivity index (χ0n) is 16.0. The largest absolute Gasteiger partial charge is 0.444 e. The SMILES string of the molecule is CC(C)(C)CC(C)(C)n1cncc1CCNC(=O)OC(C)(C)C. The molecule has 0 unspecified atom stereocenters. The highest BCUT2D eigenvalue weighted by Crippen LogP contribution is 2.32. The lowest BCUT2D eigenvalue weighted by molar-refractivity contribution is 0.0528. The molecule has 1 aromatic heterocycles. The first-order chi connectivity index (χ1) is 10.3. The van der Waals surface area contributed by atoms with E-state index in [1.54, 1.807) is 0 Å². The van der Waals surface area contributed by atoms with Gasteiger partial charge in [0, 0.05) is 30.4 Å². The van der Waals surface area contributed by atoms with Crippen molar-refractivity contribution in [3.05, 3.63) is 18.2 Å². The second-order valence-corrected chi connectivity index (χ2v) is 8.98. The quantitative estimate of drug-likeness (QED) is 0.886. The number of alkyl carbamates (subject to hydrolysis) is 1. The molecule has 1 amide bonds. The zero-order valence-corrected chi connectivity index (χ0v) is 16.0. The number of imidazole rings is 1. The summed E-state index contributed by atoms with van der Waals surface area (Å²) in [5.41, 5.74) is 0.867. The van der Waals surface area contributed by atoms with Gasteiger partial charge in [-0.05, 0) is 46.5 Å². The zero-order chi connectivity index (χ0) is 17.9. The Kier molecular flexibility index (Phi) is 5.89. The van der Waals surface area contributed by atoms with Gasteiger partial charge in [0.1, 0.15) is 5.60 Å². The number of carbonyl (C=O) groups excluding carboxylic acids is 1. The summed E-state index contributed by atoms with van der Waals surface area (Å²) in [7, 11) is 0. The fraction of sp³-hybridized carbons (Fsp3) is 0.778. The van der Waals surface area contributed by atoms with Crippen molar-refractivity contribution in [3.8, 4) is 0 Å². The third kappa shape index (κ3) is 7.06. The standard InChI is InChI=1S/C18H33N3O2/c1-16(2,3)12-18(7,8)21-13-19-11-14(21)9-10-20-15(22)23-17(4,5)6/h11,13H,9-10,12H2,1-8H3,(H,20,22). The minimum Gasteiger partial charge on any atom is -0.444 e. The van der Waals surface area contributed by atoms with Crippen LogP contribution in [-0.4, -0.2) is 27.8 Å². The lowest BCUT2D eigenvalue weighted by Gasteiger charge is -2.35. The van der Waals surface area contributed by atoms with E-state index in [9.17, 15) is 4.79 Å². The molecule has 0 spiro atoms. The number of aromatic nitrogens is 2. The van der Waals surface area contributed by atoms with Gasteiger partial charge in [0.05, 0.1) is 6.33 Å². The van der Waals surface area contributed by atoms with Crippen LogP contribution in [0.25, 0.3) is 0 Å². The Labute approximate surface area is 140 Å². The maximum Gasteiger partial charge on any atom is 0.407 e. The van der Waals surface area contributed by atoms with Gasteiger partial charge in [-0.25, -0.2) is 9.78 Å². The van der Waals surface area contributed by atoms with Crippen LogP contribution in [0.5, 0.6) is 0 Å². The van der Waals surface area contributed by atoms with Crippen LogP contribution in [0, 0.1) is 5.41 Å².